The molecule has 2 nitrogen and oxygen atoms in total. The van der Waals surface area contributed by atoms with Gasteiger partial charge in [0.05, 0.1) is 0 Å². The molecule has 0 aliphatic carbocycles. The molecule has 0 aromatic carbocycles. The van der Waals surface area contributed by atoms with Crippen molar-refractivity contribution in [1.82, 2.24) is 10.6 Å². The van der Waals surface area contributed by atoms with E-state index in [9.17, 15) is 0 Å². The fourth-order valence-corrected chi connectivity index (χ4v) is 3.87. The highest BCUT2D eigenvalue weighted by Crippen LogP contribution is 2.08. The Bertz CT molecular complexity index is 229. The van der Waals surface area contributed by atoms with Gasteiger partial charge in [0, 0.05) is 0 Å². The van der Waals surface area contributed by atoms with E-state index in [0.717, 1.165) is 0 Å². The van der Waals surface area contributed by atoms with Crippen LogP contribution in [-0.2, 0) is 0 Å². The topological polar surface area (TPSA) is 24.1 Å². The van der Waals surface area contributed by atoms with E-state index in [0.29, 0.717) is 0 Å². The molecule has 0 heterocycles. The molecule has 2 N–H and O–H groups in total. The predicted octanol–water partition coefficient (Wildman–Crippen LogP) is 8.01. The van der Waals surface area contributed by atoms with Crippen LogP contribution in [0, 0.1) is 0 Å². The Morgan fingerprint density at radius 2 is 0.500 bits per heavy atom. The molecule has 0 spiro atoms. The molecule has 0 bridgehead atoms. The lowest BCUT2D eigenvalue weighted by Gasteiger charge is -2.06. The predicted molar refractivity (Wildman–Crippen MR) is 129 cm³/mol. The van der Waals surface area contributed by atoms with E-state index in [2.05, 4.69) is 24.5 Å². The van der Waals surface area contributed by atoms with Gasteiger partial charge in [-0.2, -0.15) is 0 Å². The molecule has 0 atom stereocenters. The van der Waals surface area contributed by atoms with Crippen molar-refractivity contribution in [2.75, 3.05) is 26.2 Å². The number of hydrogen-bond acceptors (Lipinski definition) is 2. The molecule has 0 aromatic heterocycles. The van der Waals surface area contributed by atoms with Gasteiger partial charge in [-0.15, -0.1) is 0 Å². The molecule has 0 unspecified atom stereocenters. The molecule has 0 aliphatic rings. The van der Waals surface area contributed by atoms with E-state index in [4.69, 9.17) is 0 Å². The summed E-state index contributed by atoms with van der Waals surface area (Å²) >= 11 is 0. The highest BCUT2D eigenvalue weighted by Gasteiger charge is 1.95. The summed E-state index contributed by atoms with van der Waals surface area (Å²) in [6.07, 6.45) is 28.2. The summed E-state index contributed by atoms with van der Waals surface area (Å²) in [5.41, 5.74) is 0. The Kier molecular flexibility index (Phi) is 26.8. The molecule has 28 heavy (non-hydrogen) atoms. The summed E-state index contributed by atoms with van der Waals surface area (Å²) < 4.78 is 0. The van der Waals surface area contributed by atoms with Gasteiger partial charge in [0.25, 0.3) is 0 Å². The second-order valence-electron chi connectivity index (χ2n) is 8.86. The zero-order chi connectivity index (χ0) is 20.4. The smallest absolute Gasteiger partial charge is 0.00489 e. The monoisotopic (exact) mass is 396 g/mol. The quantitative estimate of drug-likeness (QED) is 0.153. The normalized spacial score (nSPS) is 11.4. The molecule has 0 saturated carbocycles. The summed E-state index contributed by atoms with van der Waals surface area (Å²) in [7, 11) is 0. The van der Waals surface area contributed by atoms with Crippen molar-refractivity contribution in [3.63, 3.8) is 0 Å². The molecular weight excluding hydrogens is 340 g/mol. The van der Waals surface area contributed by atoms with Crippen molar-refractivity contribution in [1.29, 1.82) is 0 Å². The fourth-order valence-electron chi connectivity index (χ4n) is 3.87. The maximum Gasteiger partial charge on any atom is -0.00489 e. The minimum absolute atomic E-state index is 1.23. The lowest BCUT2D eigenvalue weighted by Crippen LogP contribution is -2.17. The van der Waals surface area contributed by atoms with Crippen LogP contribution < -0.4 is 10.6 Å². The van der Waals surface area contributed by atoms with Crippen LogP contribution in [-0.4, -0.2) is 26.2 Å². The molecule has 0 aromatic rings. The van der Waals surface area contributed by atoms with Gasteiger partial charge < -0.3 is 10.6 Å². The molecule has 0 radical (unpaired) electrons. The SMILES string of the molecule is CCCCCCCCCNCCCCCCCCNCCCCCCCCC. The van der Waals surface area contributed by atoms with Crippen molar-refractivity contribution in [3.05, 3.63) is 0 Å². The molecule has 0 saturated heterocycles. The van der Waals surface area contributed by atoms with Crippen LogP contribution in [0.2, 0.25) is 0 Å². The van der Waals surface area contributed by atoms with Crippen molar-refractivity contribution >= 4 is 0 Å². The third-order valence-corrected chi connectivity index (χ3v) is 5.87. The zero-order valence-corrected chi connectivity index (χ0v) is 20.0. The zero-order valence-electron chi connectivity index (χ0n) is 20.0. The Morgan fingerprint density at radius 3 is 0.750 bits per heavy atom. The standard InChI is InChI=1S/C26H56N2/c1-3-5-7-9-11-15-19-23-27-25-21-17-13-14-18-22-26-28-24-20-16-12-10-8-6-4-2/h27-28H,3-26H2,1-2H3. The van der Waals surface area contributed by atoms with E-state index in [1.165, 1.54) is 155 Å². The largest absolute Gasteiger partial charge is 0.317 e. The average Bonchev–Trinajstić information content (AvgIpc) is 2.71. The van der Waals surface area contributed by atoms with Crippen molar-refractivity contribution in [2.45, 2.75) is 142 Å². The van der Waals surface area contributed by atoms with Crippen molar-refractivity contribution in [2.24, 2.45) is 0 Å². The van der Waals surface area contributed by atoms with E-state index in [-0.39, 0.29) is 0 Å². The lowest BCUT2D eigenvalue weighted by atomic mass is 10.1. The Morgan fingerprint density at radius 1 is 0.286 bits per heavy atom. The highest BCUT2D eigenvalue weighted by molar-refractivity contribution is 4.54. The van der Waals surface area contributed by atoms with Crippen LogP contribution in [0.4, 0.5) is 0 Å². The van der Waals surface area contributed by atoms with Gasteiger partial charge in [-0.3, -0.25) is 0 Å². The average molecular weight is 397 g/mol. The van der Waals surface area contributed by atoms with Gasteiger partial charge in [0.15, 0.2) is 0 Å². The third kappa shape index (κ3) is 25.9. The van der Waals surface area contributed by atoms with E-state index in [1.54, 1.807) is 0 Å². The van der Waals surface area contributed by atoms with Crippen LogP contribution in [0.25, 0.3) is 0 Å². The maximum atomic E-state index is 3.63. The van der Waals surface area contributed by atoms with E-state index < -0.39 is 0 Å². The fraction of sp³-hybridized carbons (Fsp3) is 1.00. The van der Waals surface area contributed by atoms with Crippen LogP contribution in [0.5, 0.6) is 0 Å². The molecule has 2 heteroatoms. The molecule has 0 aliphatic heterocycles. The summed E-state index contributed by atoms with van der Waals surface area (Å²) in [6.45, 7) is 9.52. The first-order valence-electron chi connectivity index (χ1n) is 13.3. The Balaban J connectivity index is 2.96. The number of unbranched alkanes of at least 4 members (excludes halogenated alkanes) is 17. The van der Waals surface area contributed by atoms with E-state index in [1.807, 2.05) is 0 Å². The minimum Gasteiger partial charge on any atom is -0.317 e. The molecule has 0 rings (SSSR count). The lowest BCUT2D eigenvalue weighted by molar-refractivity contribution is 0.526. The van der Waals surface area contributed by atoms with Crippen molar-refractivity contribution < 1.29 is 0 Å². The first kappa shape index (κ1) is 27.9. The van der Waals surface area contributed by atoms with E-state index >= 15 is 0 Å². The van der Waals surface area contributed by atoms with Crippen LogP contribution >= 0.6 is 0 Å². The number of hydrogen-bond donors (Lipinski definition) is 2. The summed E-state index contributed by atoms with van der Waals surface area (Å²) in [6, 6.07) is 0. The molecule has 170 valence electrons. The molecule has 0 amide bonds. The van der Waals surface area contributed by atoms with Gasteiger partial charge in [0.2, 0.25) is 0 Å². The second-order valence-corrected chi connectivity index (χ2v) is 8.86. The van der Waals surface area contributed by atoms with Gasteiger partial charge in [0.1, 0.15) is 0 Å². The van der Waals surface area contributed by atoms with Crippen LogP contribution in [0.3, 0.4) is 0 Å². The summed E-state index contributed by atoms with van der Waals surface area (Å²) in [4.78, 5) is 0. The summed E-state index contributed by atoms with van der Waals surface area (Å²) in [5.74, 6) is 0. The second kappa shape index (κ2) is 26.9. The number of rotatable bonds is 25. The van der Waals surface area contributed by atoms with Crippen molar-refractivity contribution in [3.8, 4) is 0 Å². The van der Waals surface area contributed by atoms with Gasteiger partial charge >= 0.3 is 0 Å². The minimum atomic E-state index is 1.23. The Labute approximate surface area is 179 Å². The first-order valence-corrected chi connectivity index (χ1v) is 13.3. The van der Waals surface area contributed by atoms with Gasteiger partial charge in [-0.25, -0.2) is 0 Å². The number of nitrogens with one attached hydrogen (secondary N) is 2. The first-order chi connectivity index (χ1) is 13.9. The molecule has 0 fully saturated rings. The molecular formula is C26H56N2. The Hall–Kier alpha value is -0.0800. The third-order valence-electron chi connectivity index (χ3n) is 5.87. The summed E-state index contributed by atoms with van der Waals surface area (Å²) in [5, 5.41) is 7.25. The van der Waals surface area contributed by atoms with Crippen LogP contribution in [0.15, 0.2) is 0 Å². The highest BCUT2D eigenvalue weighted by atomic mass is 14.8. The van der Waals surface area contributed by atoms with Crippen LogP contribution in [0.1, 0.15) is 142 Å². The maximum absolute atomic E-state index is 3.63. The van der Waals surface area contributed by atoms with Gasteiger partial charge in [-0.1, -0.05) is 117 Å². The van der Waals surface area contributed by atoms with Gasteiger partial charge in [-0.05, 0) is 51.9 Å².